The highest BCUT2D eigenvalue weighted by atomic mass is 32.2. The number of thioether (sulfide) groups is 1. The fourth-order valence-electron chi connectivity index (χ4n) is 6.56. The maximum absolute atomic E-state index is 13.8. The molecule has 4 aromatic rings. The highest BCUT2D eigenvalue weighted by Crippen LogP contribution is 2.50. The molecular formula is C38H41F2N3O2S. The Morgan fingerprint density at radius 3 is 2.02 bits per heavy atom. The molecule has 0 aliphatic carbocycles. The normalized spacial score (nSPS) is 17.1. The number of methoxy groups -OCH3 is 1. The molecule has 0 bridgehead atoms. The van der Waals surface area contributed by atoms with Crippen molar-refractivity contribution in [3.63, 3.8) is 0 Å². The number of halogens is 2. The van der Waals surface area contributed by atoms with Gasteiger partial charge in [-0.25, -0.2) is 8.78 Å². The van der Waals surface area contributed by atoms with Gasteiger partial charge in [-0.1, -0.05) is 74.1 Å². The first-order valence-corrected chi connectivity index (χ1v) is 16.9. The molecule has 6 rings (SSSR count). The number of fused-ring (bicyclic) bond motifs is 1. The van der Waals surface area contributed by atoms with Crippen molar-refractivity contribution in [1.29, 1.82) is 0 Å². The summed E-state index contributed by atoms with van der Waals surface area (Å²) in [5.41, 5.74) is 4.93. The van der Waals surface area contributed by atoms with Gasteiger partial charge in [0, 0.05) is 43.2 Å². The number of rotatable bonds is 10. The summed E-state index contributed by atoms with van der Waals surface area (Å²) in [6, 6.07) is 27.6. The van der Waals surface area contributed by atoms with Crippen LogP contribution in [-0.4, -0.2) is 56.2 Å². The first-order chi connectivity index (χ1) is 22.3. The van der Waals surface area contributed by atoms with E-state index < -0.39 is 0 Å². The van der Waals surface area contributed by atoms with E-state index in [0.717, 1.165) is 73.6 Å². The zero-order valence-electron chi connectivity index (χ0n) is 26.7. The number of benzene rings is 3. The quantitative estimate of drug-likeness (QED) is 0.176. The van der Waals surface area contributed by atoms with Gasteiger partial charge in [0.1, 0.15) is 17.0 Å². The lowest BCUT2D eigenvalue weighted by atomic mass is 9.96. The zero-order valence-corrected chi connectivity index (χ0v) is 27.5. The summed E-state index contributed by atoms with van der Waals surface area (Å²) in [6.07, 6.45) is 0.951. The second kappa shape index (κ2) is 14.4. The minimum absolute atomic E-state index is 0.0577. The highest BCUT2D eigenvalue weighted by Gasteiger charge is 2.33. The largest absolute Gasteiger partial charge is 0.493 e. The third-order valence-electron chi connectivity index (χ3n) is 9.10. The van der Waals surface area contributed by atoms with Crippen LogP contribution in [0, 0.1) is 11.6 Å². The summed E-state index contributed by atoms with van der Waals surface area (Å²) < 4.78 is 33.1. The number of hydrogen-bond acceptors (Lipinski definition) is 6. The van der Waals surface area contributed by atoms with Crippen LogP contribution in [0.4, 0.5) is 14.5 Å². The predicted octanol–water partition coefficient (Wildman–Crippen LogP) is 7.87. The number of piperazine rings is 1. The van der Waals surface area contributed by atoms with Gasteiger partial charge in [-0.3, -0.25) is 9.69 Å². The van der Waals surface area contributed by atoms with E-state index in [4.69, 9.17) is 4.74 Å². The van der Waals surface area contributed by atoms with Gasteiger partial charge in [-0.05, 0) is 78.0 Å². The molecular weight excluding hydrogens is 601 g/mol. The maximum atomic E-state index is 13.8. The van der Waals surface area contributed by atoms with E-state index in [1.807, 2.05) is 36.4 Å². The average Bonchev–Trinajstić information content (AvgIpc) is 3.33. The Labute approximate surface area is 274 Å². The van der Waals surface area contributed by atoms with E-state index in [0.29, 0.717) is 5.75 Å². The van der Waals surface area contributed by atoms with Crippen molar-refractivity contribution in [1.82, 2.24) is 9.80 Å². The summed E-state index contributed by atoms with van der Waals surface area (Å²) in [5, 5.41) is -0.129. The topological polar surface area (TPSA) is 36.0 Å². The van der Waals surface area contributed by atoms with Crippen molar-refractivity contribution in [2.45, 2.75) is 42.5 Å². The third kappa shape index (κ3) is 6.99. The van der Waals surface area contributed by atoms with Crippen molar-refractivity contribution in [2.75, 3.05) is 51.3 Å². The van der Waals surface area contributed by atoms with Crippen LogP contribution < -0.4 is 15.1 Å². The fraction of sp³-hybridized carbons (Fsp3) is 0.342. The van der Waals surface area contributed by atoms with Gasteiger partial charge in [0.25, 0.3) is 0 Å². The molecule has 0 amide bonds. The van der Waals surface area contributed by atoms with E-state index in [-0.39, 0.29) is 34.4 Å². The SMILES string of the molecule is COc1cc(C(C)C)ccc(C2Sc3ccccc3N2CCCN2CCN(C(c3ccc(F)cc3)c3ccc(F)cc3)CC2)c1=O. The van der Waals surface area contributed by atoms with Crippen molar-refractivity contribution < 1.29 is 13.5 Å². The summed E-state index contributed by atoms with van der Waals surface area (Å²) >= 11 is 1.73. The number of ether oxygens (including phenoxy) is 1. The Kier molecular flexibility index (Phi) is 10.1. The van der Waals surface area contributed by atoms with Crippen molar-refractivity contribution in [3.8, 4) is 5.75 Å². The van der Waals surface area contributed by atoms with Crippen LogP contribution in [0.3, 0.4) is 0 Å². The smallest absolute Gasteiger partial charge is 0.226 e. The lowest BCUT2D eigenvalue weighted by Gasteiger charge is -2.40. The lowest BCUT2D eigenvalue weighted by Crippen LogP contribution is -2.48. The van der Waals surface area contributed by atoms with Gasteiger partial charge in [-0.2, -0.15) is 0 Å². The first kappa shape index (κ1) is 32.2. The molecule has 1 unspecified atom stereocenters. The molecule has 8 heteroatoms. The van der Waals surface area contributed by atoms with Crippen LogP contribution in [0.15, 0.2) is 101 Å². The molecule has 240 valence electrons. The minimum atomic E-state index is -0.264. The van der Waals surface area contributed by atoms with E-state index in [1.165, 1.54) is 29.2 Å². The Bertz CT molecular complexity index is 1650. The van der Waals surface area contributed by atoms with Crippen molar-refractivity contribution in [2.24, 2.45) is 0 Å². The van der Waals surface area contributed by atoms with Gasteiger partial charge in [-0.15, -0.1) is 0 Å². The molecule has 0 N–H and O–H groups in total. The number of nitrogens with zero attached hydrogens (tertiary/aromatic N) is 3. The van der Waals surface area contributed by atoms with Gasteiger partial charge < -0.3 is 14.5 Å². The van der Waals surface area contributed by atoms with E-state index in [1.54, 1.807) is 18.9 Å². The van der Waals surface area contributed by atoms with E-state index in [9.17, 15) is 13.6 Å². The minimum Gasteiger partial charge on any atom is -0.493 e. The van der Waals surface area contributed by atoms with Gasteiger partial charge in [0.05, 0.1) is 18.8 Å². The van der Waals surface area contributed by atoms with Crippen LogP contribution in [-0.2, 0) is 0 Å². The summed E-state index contributed by atoms with van der Waals surface area (Å²) in [7, 11) is 1.57. The molecule has 2 heterocycles. The second-order valence-electron chi connectivity index (χ2n) is 12.4. The van der Waals surface area contributed by atoms with Gasteiger partial charge in [0.2, 0.25) is 5.43 Å². The van der Waals surface area contributed by atoms with E-state index >= 15 is 0 Å². The Morgan fingerprint density at radius 2 is 1.41 bits per heavy atom. The molecule has 1 saturated heterocycles. The highest BCUT2D eigenvalue weighted by molar-refractivity contribution is 8.00. The maximum Gasteiger partial charge on any atom is 0.226 e. The van der Waals surface area contributed by atoms with Crippen molar-refractivity contribution >= 4 is 17.4 Å². The van der Waals surface area contributed by atoms with Crippen LogP contribution in [0.2, 0.25) is 0 Å². The van der Waals surface area contributed by atoms with Crippen molar-refractivity contribution in [3.05, 3.63) is 135 Å². The van der Waals surface area contributed by atoms with Crippen LogP contribution >= 0.6 is 11.8 Å². The molecule has 46 heavy (non-hydrogen) atoms. The van der Waals surface area contributed by atoms with Crippen LogP contribution in [0.5, 0.6) is 5.75 Å². The first-order valence-electron chi connectivity index (χ1n) is 16.0. The lowest BCUT2D eigenvalue weighted by molar-refractivity contribution is 0.109. The molecule has 4 aromatic carbocycles. The number of hydrogen-bond donors (Lipinski definition) is 0. The molecule has 0 saturated carbocycles. The molecule has 2 aliphatic heterocycles. The van der Waals surface area contributed by atoms with Crippen LogP contribution in [0.1, 0.15) is 59.9 Å². The molecule has 1 fully saturated rings. The molecule has 0 spiro atoms. The molecule has 1 atom stereocenters. The molecule has 2 aliphatic rings. The Hall–Kier alpha value is -3.72. The zero-order chi connectivity index (χ0) is 32.2. The monoisotopic (exact) mass is 641 g/mol. The third-order valence-corrected chi connectivity index (χ3v) is 10.4. The predicted molar refractivity (Wildman–Crippen MR) is 183 cm³/mol. The average molecular weight is 642 g/mol. The molecule has 5 nitrogen and oxygen atoms in total. The number of para-hydroxylation sites is 1. The standard InChI is InChI=1S/C38H41F2N3O2S/c1-26(2)29-13-18-32(37(44)34(25-29)45-3)38-43(33-7-4-5-8-35(33)46-38)20-6-19-41-21-23-42(24-22-41)36(27-9-14-30(39)15-10-27)28-11-16-31(40)17-12-28/h4-5,7-18,25-26,36,38H,6,19-24H2,1-3H3. The Morgan fingerprint density at radius 1 is 0.804 bits per heavy atom. The summed E-state index contributed by atoms with van der Waals surface area (Å²) in [5.74, 6) is 0.136. The number of anilines is 1. The second-order valence-corrected chi connectivity index (χ2v) is 13.5. The van der Waals surface area contributed by atoms with Gasteiger partial charge in [0.15, 0.2) is 5.75 Å². The summed E-state index contributed by atoms with van der Waals surface area (Å²) in [4.78, 5) is 22.1. The fourth-order valence-corrected chi connectivity index (χ4v) is 7.92. The summed E-state index contributed by atoms with van der Waals surface area (Å²) in [6.45, 7) is 9.51. The van der Waals surface area contributed by atoms with Gasteiger partial charge >= 0.3 is 0 Å². The van der Waals surface area contributed by atoms with Crippen LogP contribution in [0.25, 0.3) is 0 Å². The molecule has 0 aromatic heterocycles. The van der Waals surface area contributed by atoms with E-state index in [2.05, 4.69) is 58.9 Å². The Balaban J connectivity index is 1.14. The molecule has 0 radical (unpaired) electrons.